The third-order valence-corrected chi connectivity index (χ3v) is 3.21. The van der Waals surface area contributed by atoms with Gasteiger partial charge in [0.1, 0.15) is 5.82 Å². The molecule has 0 saturated carbocycles. The fourth-order valence-electron chi connectivity index (χ4n) is 2.19. The molecule has 0 aliphatic rings. The van der Waals surface area contributed by atoms with Gasteiger partial charge in [0.2, 0.25) is 0 Å². The molecular formula is C17H21N3O. The van der Waals surface area contributed by atoms with Gasteiger partial charge in [-0.05, 0) is 30.5 Å². The van der Waals surface area contributed by atoms with Gasteiger partial charge in [-0.3, -0.25) is 4.79 Å². The molecule has 4 heteroatoms. The molecule has 3 N–H and O–H groups in total. The van der Waals surface area contributed by atoms with Gasteiger partial charge in [-0.2, -0.15) is 0 Å². The maximum absolute atomic E-state index is 12.1. The number of nitrogens with two attached hydrogens (primary N) is 1. The van der Waals surface area contributed by atoms with Gasteiger partial charge in [-0.25, -0.2) is 4.98 Å². The van der Waals surface area contributed by atoms with Gasteiger partial charge in [0, 0.05) is 17.8 Å². The van der Waals surface area contributed by atoms with Gasteiger partial charge in [-0.1, -0.05) is 43.7 Å². The van der Waals surface area contributed by atoms with Crippen molar-refractivity contribution < 1.29 is 4.79 Å². The Balaban J connectivity index is 1.94. The number of rotatable bonds is 6. The van der Waals surface area contributed by atoms with E-state index < -0.39 is 0 Å². The molecule has 0 radical (unpaired) electrons. The SMILES string of the molecule is CCCc1cc(C(=O)NCCc2ccccc2)cc(N)n1. The summed E-state index contributed by atoms with van der Waals surface area (Å²) in [4.78, 5) is 16.4. The number of aryl methyl sites for hydroxylation is 1. The molecule has 0 unspecified atom stereocenters. The molecule has 110 valence electrons. The molecule has 2 aromatic rings. The third kappa shape index (κ3) is 4.60. The van der Waals surface area contributed by atoms with Crippen LogP contribution in [0.5, 0.6) is 0 Å². The van der Waals surface area contributed by atoms with Crippen molar-refractivity contribution >= 4 is 11.7 Å². The Morgan fingerprint density at radius 2 is 1.95 bits per heavy atom. The fraction of sp³-hybridized carbons (Fsp3) is 0.294. The van der Waals surface area contributed by atoms with Crippen LogP contribution < -0.4 is 11.1 Å². The van der Waals surface area contributed by atoms with E-state index in [9.17, 15) is 4.79 Å². The first kappa shape index (κ1) is 15.0. The third-order valence-electron chi connectivity index (χ3n) is 3.21. The smallest absolute Gasteiger partial charge is 0.251 e. The Kier molecular flexibility index (Phi) is 5.32. The average molecular weight is 283 g/mol. The number of benzene rings is 1. The maximum atomic E-state index is 12.1. The Hall–Kier alpha value is -2.36. The number of hydrogen-bond acceptors (Lipinski definition) is 3. The van der Waals surface area contributed by atoms with E-state index in [1.165, 1.54) is 5.56 Å². The van der Waals surface area contributed by atoms with E-state index in [0.29, 0.717) is 17.9 Å². The summed E-state index contributed by atoms with van der Waals surface area (Å²) < 4.78 is 0. The molecule has 1 heterocycles. The van der Waals surface area contributed by atoms with Gasteiger partial charge in [0.25, 0.3) is 5.91 Å². The van der Waals surface area contributed by atoms with Crippen molar-refractivity contribution in [2.24, 2.45) is 0 Å². The summed E-state index contributed by atoms with van der Waals surface area (Å²) in [6.07, 6.45) is 2.62. The van der Waals surface area contributed by atoms with Crippen molar-refractivity contribution in [1.29, 1.82) is 0 Å². The Morgan fingerprint density at radius 1 is 1.19 bits per heavy atom. The molecular weight excluding hydrogens is 262 g/mol. The molecule has 2 rings (SSSR count). The highest BCUT2D eigenvalue weighted by atomic mass is 16.1. The number of carbonyl (C=O) groups is 1. The lowest BCUT2D eigenvalue weighted by Gasteiger charge is -2.08. The summed E-state index contributed by atoms with van der Waals surface area (Å²) in [6.45, 7) is 2.68. The van der Waals surface area contributed by atoms with E-state index in [4.69, 9.17) is 5.73 Å². The Morgan fingerprint density at radius 3 is 2.67 bits per heavy atom. The van der Waals surface area contributed by atoms with Crippen molar-refractivity contribution in [3.05, 3.63) is 59.3 Å². The van der Waals surface area contributed by atoms with Crippen molar-refractivity contribution in [2.45, 2.75) is 26.2 Å². The van der Waals surface area contributed by atoms with Gasteiger partial charge < -0.3 is 11.1 Å². The zero-order chi connectivity index (χ0) is 15.1. The predicted octanol–water partition coefficient (Wildman–Crippen LogP) is 2.59. The van der Waals surface area contributed by atoms with Crippen molar-refractivity contribution in [3.8, 4) is 0 Å². The topological polar surface area (TPSA) is 68.0 Å². The molecule has 4 nitrogen and oxygen atoms in total. The number of nitrogens with one attached hydrogen (secondary N) is 1. The molecule has 0 bridgehead atoms. The number of pyridine rings is 1. The molecule has 21 heavy (non-hydrogen) atoms. The first-order valence-electron chi connectivity index (χ1n) is 7.27. The summed E-state index contributed by atoms with van der Waals surface area (Å²) in [7, 11) is 0. The largest absolute Gasteiger partial charge is 0.384 e. The summed E-state index contributed by atoms with van der Waals surface area (Å²) in [5.41, 5.74) is 8.41. The molecule has 0 saturated heterocycles. The zero-order valence-corrected chi connectivity index (χ0v) is 12.3. The number of carbonyl (C=O) groups excluding carboxylic acids is 1. The lowest BCUT2D eigenvalue weighted by atomic mass is 10.1. The highest BCUT2D eigenvalue weighted by molar-refractivity contribution is 5.94. The van der Waals surface area contributed by atoms with Crippen LogP contribution in [-0.4, -0.2) is 17.4 Å². The highest BCUT2D eigenvalue weighted by Crippen LogP contribution is 2.09. The zero-order valence-electron chi connectivity index (χ0n) is 12.3. The van der Waals surface area contributed by atoms with Crippen LogP contribution >= 0.6 is 0 Å². The van der Waals surface area contributed by atoms with Crippen molar-refractivity contribution in [3.63, 3.8) is 0 Å². The normalized spacial score (nSPS) is 10.3. The maximum Gasteiger partial charge on any atom is 0.251 e. The summed E-state index contributed by atoms with van der Waals surface area (Å²) in [6, 6.07) is 13.5. The number of anilines is 1. The van der Waals surface area contributed by atoms with Crippen LogP contribution in [0.1, 0.15) is 35.0 Å². The second kappa shape index (κ2) is 7.43. The Bertz CT molecular complexity index is 596. The van der Waals surface area contributed by atoms with Gasteiger partial charge in [-0.15, -0.1) is 0 Å². The number of aromatic nitrogens is 1. The molecule has 0 atom stereocenters. The van der Waals surface area contributed by atoms with Crippen molar-refractivity contribution in [1.82, 2.24) is 10.3 Å². The van der Waals surface area contributed by atoms with E-state index in [-0.39, 0.29) is 5.91 Å². The lowest BCUT2D eigenvalue weighted by molar-refractivity contribution is 0.0954. The van der Waals surface area contributed by atoms with Crippen molar-refractivity contribution in [2.75, 3.05) is 12.3 Å². The number of nitrogens with zero attached hydrogens (tertiary/aromatic N) is 1. The molecule has 1 amide bonds. The Labute approximate surface area is 125 Å². The quantitative estimate of drug-likeness (QED) is 0.856. The molecule has 0 aliphatic heterocycles. The molecule has 1 aromatic heterocycles. The summed E-state index contributed by atoms with van der Waals surface area (Å²) in [5, 5.41) is 2.92. The van der Waals surface area contributed by atoms with E-state index in [0.717, 1.165) is 25.0 Å². The monoisotopic (exact) mass is 283 g/mol. The average Bonchev–Trinajstić information content (AvgIpc) is 2.48. The number of nitrogen functional groups attached to an aromatic ring is 1. The van der Waals surface area contributed by atoms with Gasteiger partial charge in [0.05, 0.1) is 0 Å². The first-order valence-corrected chi connectivity index (χ1v) is 7.27. The fourth-order valence-corrected chi connectivity index (χ4v) is 2.19. The number of amides is 1. The lowest BCUT2D eigenvalue weighted by Crippen LogP contribution is -2.26. The van der Waals surface area contributed by atoms with E-state index in [1.54, 1.807) is 6.07 Å². The van der Waals surface area contributed by atoms with Crippen LogP contribution in [0.2, 0.25) is 0 Å². The van der Waals surface area contributed by atoms with Crippen LogP contribution in [0.3, 0.4) is 0 Å². The van der Waals surface area contributed by atoms with E-state index >= 15 is 0 Å². The first-order chi connectivity index (χ1) is 10.2. The second-order valence-corrected chi connectivity index (χ2v) is 5.01. The molecule has 1 aromatic carbocycles. The van der Waals surface area contributed by atoms with Gasteiger partial charge in [0.15, 0.2) is 0 Å². The minimum Gasteiger partial charge on any atom is -0.384 e. The standard InChI is InChI=1S/C17H21N3O/c1-2-6-15-11-14(12-16(18)20-15)17(21)19-10-9-13-7-4-3-5-8-13/h3-5,7-8,11-12H,2,6,9-10H2,1H3,(H2,18,20)(H,19,21). The van der Waals surface area contributed by atoms with E-state index in [2.05, 4.69) is 29.4 Å². The van der Waals surface area contributed by atoms with Crippen LogP contribution in [0.25, 0.3) is 0 Å². The number of hydrogen-bond donors (Lipinski definition) is 2. The molecule has 0 fully saturated rings. The van der Waals surface area contributed by atoms with Crippen LogP contribution in [0.4, 0.5) is 5.82 Å². The van der Waals surface area contributed by atoms with Crippen LogP contribution in [-0.2, 0) is 12.8 Å². The highest BCUT2D eigenvalue weighted by Gasteiger charge is 2.08. The van der Waals surface area contributed by atoms with Gasteiger partial charge >= 0.3 is 0 Å². The second-order valence-electron chi connectivity index (χ2n) is 5.01. The summed E-state index contributed by atoms with van der Waals surface area (Å²) in [5.74, 6) is 0.298. The summed E-state index contributed by atoms with van der Waals surface area (Å²) >= 11 is 0. The molecule has 0 spiro atoms. The minimum atomic E-state index is -0.0996. The van der Waals surface area contributed by atoms with Crippen LogP contribution in [0.15, 0.2) is 42.5 Å². The molecule has 0 aliphatic carbocycles. The van der Waals surface area contributed by atoms with Crippen LogP contribution in [0, 0.1) is 0 Å². The minimum absolute atomic E-state index is 0.0996. The predicted molar refractivity (Wildman–Crippen MR) is 85.1 cm³/mol. The van der Waals surface area contributed by atoms with E-state index in [1.807, 2.05) is 24.3 Å².